The lowest BCUT2D eigenvalue weighted by molar-refractivity contribution is 0.0569. The Bertz CT molecular complexity index is 844. The molecular formula is C20H26ClFN2O2. The van der Waals surface area contributed by atoms with Gasteiger partial charge < -0.3 is 15.5 Å². The number of benzene rings is 1. The van der Waals surface area contributed by atoms with Crippen molar-refractivity contribution >= 4 is 22.4 Å². The van der Waals surface area contributed by atoms with Crippen LogP contribution in [0.1, 0.15) is 52.4 Å². The van der Waals surface area contributed by atoms with Crippen LogP contribution in [0.3, 0.4) is 0 Å². The van der Waals surface area contributed by atoms with Crippen molar-refractivity contribution in [3.8, 4) is 5.75 Å². The molecule has 1 aromatic carbocycles. The quantitative estimate of drug-likeness (QED) is 0.784. The molecule has 0 radical (unpaired) electrons. The fourth-order valence-electron chi connectivity index (χ4n) is 4.20. The molecule has 1 fully saturated rings. The molecule has 3 N–H and O–H groups in total. The standard InChI is InChI=1S/C20H26ClFN2O2/c1-3-18(23)20(4-2)7-5-12(6-8-20)26-17-10-13-14(9-15(17)21)19(25)24-11-16(13)22/h9-12,18H,3-8,23H2,1-2H3,(H,24,25)/t12-,18?,20+. The molecule has 0 aliphatic heterocycles. The van der Waals surface area contributed by atoms with Crippen molar-refractivity contribution < 1.29 is 9.13 Å². The van der Waals surface area contributed by atoms with E-state index in [0.29, 0.717) is 10.8 Å². The summed E-state index contributed by atoms with van der Waals surface area (Å²) in [5.74, 6) is -0.0684. The summed E-state index contributed by atoms with van der Waals surface area (Å²) in [5, 5.41) is 0.774. The fraction of sp³-hybridized carbons (Fsp3) is 0.550. The number of ether oxygens (including phenoxy) is 1. The molecule has 1 atom stereocenters. The zero-order valence-electron chi connectivity index (χ0n) is 15.3. The van der Waals surface area contributed by atoms with Gasteiger partial charge in [0, 0.05) is 17.6 Å². The van der Waals surface area contributed by atoms with Crippen LogP contribution in [-0.4, -0.2) is 17.1 Å². The second-order valence-corrected chi connectivity index (χ2v) is 7.75. The van der Waals surface area contributed by atoms with Gasteiger partial charge in [0.05, 0.1) is 16.5 Å². The monoisotopic (exact) mass is 380 g/mol. The molecular weight excluding hydrogens is 355 g/mol. The van der Waals surface area contributed by atoms with E-state index in [-0.39, 0.29) is 33.9 Å². The Kier molecular flexibility index (Phi) is 5.58. The van der Waals surface area contributed by atoms with Crippen molar-refractivity contribution in [2.24, 2.45) is 11.1 Å². The van der Waals surface area contributed by atoms with Gasteiger partial charge in [-0.15, -0.1) is 0 Å². The lowest BCUT2D eigenvalue weighted by atomic mass is 9.66. The maximum atomic E-state index is 14.0. The molecule has 1 saturated carbocycles. The average molecular weight is 381 g/mol. The zero-order chi connectivity index (χ0) is 18.9. The lowest BCUT2D eigenvalue weighted by Gasteiger charge is -2.43. The predicted octanol–water partition coefficient (Wildman–Crippen LogP) is 4.78. The van der Waals surface area contributed by atoms with Gasteiger partial charge in [0.1, 0.15) is 11.6 Å². The van der Waals surface area contributed by atoms with Gasteiger partial charge in [-0.05, 0) is 56.1 Å². The molecule has 0 amide bonds. The molecule has 3 rings (SSSR count). The van der Waals surface area contributed by atoms with Crippen LogP contribution in [0.15, 0.2) is 23.1 Å². The van der Waals surface area contributed by atoms with E-state index < -0.39 is 5.82 Å². The van der Waals surface area contributed by atoms with Crippen molar-refractivity contribution in [3.63, 3.8) is 0 Å². The van der Waals surface area contributed by atoms with Gasteiger partial charge in [0.25, 0.3) is 5.56 Å². The van der Waals surface area contributed by atoms with E-state index in [1.807, 2.05) is 0 Å². The lowest BCUT2D eigenvalue weighted by Crippen LogP contribution is -2.45. The SMILES string of the molecule is CCC(N)[C@]1(CC)CC[C@H](Oc2cc3c(F)c[nH]c(=O)c3cc2Cl)CC1. The maximum absolute atomic E-state index is 14.0. The van der Waals surface area contributed by atoms with Crippen molar-refractivity contribution in [3.05, 3.63) is 39.5 Å². The molecule has 142 valence electrons. The number of nitrogens with two attached hydrogens (primary N) is 1. The number of nitrogens with one attached hydrogen (secondary N) is 1. The first-order chi connectivity index (χ1) is 12.4. The third kappa shape index (κ3) is 3.47. The van der Waals surface area contributed by atoms with Crippen LogP contribution in [0, 0.1) is 11.2 Å². The number of fused-ring (bicyclic) bond motifs is 1. The Morgan fingerprint density at radius 2 is 2.04 bits per heavy atom. The number of H-pyrrole nitrogens is 1. The molecule has 6 heteroatoms. The minimum absolute atomic E-state index is 0.0266. The molecule has 1 aromatic heterocycles. The topological polar surface area (TPSA) is 68.1 Å². The first kappa shape index (κ1) is 19.2. The molecule has 2 aromatic rings. The fourth-order valence-corrected chi connectivity index (χ4v) is 4.40. The minimum atomic E-state index is -0.497. The predicted molar refractivity (Wildman–Crippen MR) is 103 cm³/mol. The number of hydrogen-bond acceptors (Lipinski definition) is 3. The van der Waals surface area contributed by atoms with E-state index in [9.17, 15) is 9.18 Å². The van der Waals surface area contributed by atoms with Crippen LogP contribution in [-0.2, 0) is 0 Å². The average Bonchev–Trinajstić information content (AvgIpc) is 2.66. The summed E-state index contributed by atoms with van der Waals surface area (Å²) in [6.45, 7) is 4.34. The van der Waals surface area contributed by atoms with Gasteiger partial charge in [0.2, 0.25) is 0 Å². The van der Waals surface area contributed by atoms with Crippen molar-refractivity contribution in [1.82, 2.24) is 4.98 Å². The van der Waals surface area contributed by atoms with E-state index in [0.717, 1.165) is 44.7 Å². The minimum Gasteiger partial charge on any atom is -0.489 e. The van der Waals surface area contributed by atoms with E-state index in [2.05, 4.69) is 18.8 Å². The smallest absolute Gasteiger partial charge is 0.256 e. The van der Waals surface area contributed by atoms with Gasteiger partial charge in [-0.2, -0.15) is 0 Å². The number of pyridine rings is 1. The van der Waals surface area contributed by atoms with Crippen molar-refractivity contribution in [2.75, 3.05) is 0 Å². The molecule has 0 bridgehead atoms. The van der Waals surface area contributed by atoms with E-state index in [4.69, 9.17) is 22.1 Å². The van der Waals surface area contributed by atoms with Gasteiger partial charge >= 0.3 is 0 Å². The third-order valence-corrected chi connectivity index (χ3v) is 6.35. The highest BCUT2D eigenvalue weighted by Gasteiger charge is 2.38. The normalized spacial score (nSPS) is 24.6. The van der Waals surface area contributed by atoms with Crippen LogP contribution in [0.4, 0.5) is 4.39 Å². The van der Waals surface area contributed by atoms with E-state index in [1.165, 1.54) is 12.1 Å². The third-order valence-electron chi connectivity index (χ3n) is 6.06. The van der Waals surface area contributed by atoms with Crippen LogP contribution >= 0.6 is 11.6 Å². The highest BCUT2D eigenvalue weighted by atomic mass is 35.5. The molecule has 1 aliphatic rings. The number of hydrogen-bond donors (Lipinski definition) is 2. The number of rotatable bonds is 5. The highest BCUT2D eigenvalue weighted by Crippen LogP contribution is 2.44. The summed E-state index contributed by atoms with van der Waals surface area (Å²) in [5.41, 5.74) is 6.19. The molecule has 0 saturated heterocycles. The van der Waals surface area contributed by atoms with Gasteiger partial charge in [-0.25, -0.2) is 4.39 Å². The summed E-state index contributed by atoms with van der Waals surface area (Å²) < 4.78 is 20.1. The Hall–Kier alpha value is -1.59. The molecule has 1 aliphatic carbocycles. The number of halogens is 2. The number of aromatic nitrogens is 1. The maximum Gasteiger partial charge on any atom is 0.256 e. The van der Waals surface area contributed by atoms with Crippen LogP contribution in [0.5, 0.6) is 5.75 Å². The Balaban J connectivity index is 1.79. The summed E-state index contributed by atoms with van der Waals surface area (Å²) >= 11 is 6.28. The molecule has 26 heavy (non-hydrogen) atoms. The highest BCUT2D eigenvalue weighted by molar-refractivity contribution is 6.32. The van der Waals surface area contributed by atoms with Crippen molar-refractivity contribution in [2.45, 2.75) is 64.5 Å². The van der Waals surface area contributed by atoms with Crippen LogP contribution < -0.4 is 16.0 Å². The summed E-state index contributed by atoms with van der Waals surface area (Å²) in [4.78, 5) is 14.2. The van der Waals surface area contributed by atoms with Gasteiger partial charge in [0.15, 0.2) is 0 Å². The molecule has 1 heterocycles. The summed E-state index contributed by atoms with van der Waals surface area (Å²) in [7, 11) is 0. The molecule has 1 unspecified atom stereocenters. The first-order valence-corrected chi connectivity index (χ1v) is 9.70. The Morgan fingerprint density at radius 1 is 1.35 bits per heavy atom. The number of aromatic amines is 1. The summed E-state index contributed by atoms with van der Waals surface area (Å²) in [6.07, 6.45) is 6.96. The zero-order valence-corrected chi connectivity index (χ0v) is 16.0. The largest absolute Gasteiger partial charge is 0.489 e. The molecule has 4 nitrogen and oxygen atoms in total. The van der Waals surface area contributed by atoms with Crippen LogP contribution in [0.25, 0.3) is 10.8 Å². The van der Waals surface area contributed by atoms with Gasteiger partial charge in [-0.1, -0.05) is 25.4 Å². The summed E-state index contributed by atoms with van der Waals surface area (Å²) in [6, 6.07) is 3.21. The van der Waals surface area contributed by atoms with Gasteiger partial charge in [-0.3, -0.25) is 4.79 Å². The first-order valence-electron chi connectivity index (χ1n) is 9.33. The van der Waals surface area contributed by atoms with Crippen molar-refractivity contribution in [1.29, 1.82) is 0 Å². The molecule has 0 spiro atoms. The van der Waals surface area contributed by atoms with E-state index in [1.54, 1.807) is 0 Å². The Labute approximate surface area is 157 Å². The second-order valence-electron chi connectivity index (χ2n) is 7.34. The Morgan fingerprint density at radius 3 is 2.65 bits per heavy atom. The second kappa shape index (κ2) is 7.57. The van der Waals surface area contributed by atoms with E-state index >= 15 is 0 Å². The van der Waals surface area contributed by atoms with Crippen LogP contribution in [0.2, 0.25) is 5.02 Å².